The molecule has 0 saturated carbocycles. The Morgan fingerprint density at radius 1 is 1.47 bits per heavy atom. The van der Waals surface area contributed by atoms with Crippen molar-refractivity contribution < 1.29 is 9.53 Å². The molecule has 0 radical (unpaired) electrons. The van der Waals surface area contributed by atoms with E-state index in [9.17, 15) is 4.79 Å². The van der Waals surface area contributed by atoms with Gasteiger partial charge in [0.05, 0.1) is 6.33 Å². The number of amides is 1. The number of fused-ring (bicyclic) bond motifs is 1. The van der Waals surface area contributed by atoms with Crippen LogP contribution in [0, 0.1) is 0 Å². The molecule has 8 nitrogen and oxygen atoms in total. The number of imidazole rings is 1. The first-order chi connectivity index (χ1) is 9.22. The van der Waals surface area contributed by atoms with Crippen molar-refractivity contribution in [2.24, 2.45) is 0 Å². The number of aromatic nitrogens is 4. The van der Waals surface area contributed by atoms with Crippen LogP contribution in [-0.2, 0) is 16.1 Å². The molecule has 3 N–H and O–H groups in total. The maximum atomic E-state index is 11.7. The SMILES string of the molecule is COCCCNC(=O)Cn1cnc2c(N)ncnc21. The molecular formula is C11H16N6O2. The van der Waals surface area contributed by atoms with E-state index in [-0.39, 0.29) is 12.5 Å². The van der Waals surface area contributed by atoms with Crippen molar-refractivity contribution in [3.63, 3.8) is 0 Å². The smallest absolute Gasteiger partial charge is 0.240 e. The predicted molar refractivity (Wildman–Crippen MR) is 69.2 cm³/mol. The van der Waals surface area contributed by atoms with Gasteiger partial charge in [-0.1, -0.05) is 0 Å². The van der Waals surface area contributed by atoms with Crippen LogP contribution in [0.1, 0.15) is 6.42 Å². The van der Waals surface area contributed by atoms with Crippen LogP contribution >= 0.6 is 0 Å². The van der Waals surface area contributed by atoms with Crippen molar-refractivity contribution in [1.29, 1.82) is 0 Å². The largest absolute Gasteiger partial charge is 0.385 e. The topological polar surface area (TPSA) is 108 Å². The van der Waals surface area contributed by atoms with Crippen LogP contribution in [0.15, 0.2) is 12.7 Å². The normalized spacial score (nSPS) is 10.8. The lowest BCUT2D eigenvalue weighted by Crippen LogP contribution is -2.28. The minimum Gasteiger partial charge on any atom is -0.385 e. The highest BCUT2D eigenvalue weighted by Crippen LogP contribution is 2.13. The van der Waals surface area contributed by atoms with E-state index in [1.807, 2.05) is 0 Å². The number of nitrogens with two attached hydrogens (primary N) is 1. The fourth-order valence-electron chi connectivity index (χ4n) is 1.67. The summed E-state index contributed by atoms with van der Waals surface area (Å²) in [4.78, 5) is 23.7. The quantitative estimate of drug-likeness (QED) is 0.685. The van der Waals surface area contributed by atoms with Gasteiger partial charge >= 0.3 is 0 Å². The first-order valence-corrected chi connectivity index (χ1v) is 5.89. The predicted octanol–water partition coefficient (Wildman–Crippen LogP) is -0.439. The van der Waals surface area contributed by atoms with Crippen LogP contribution in [0.25, 0.3) is 11.2 Å². The fraction of sp³-hybridized carbons (Fsp3) is 0.455. The minimum atomic E-state index is -0.104. The average molecular weight is 264 g/mol. The summed E-state index contributed by atoms with van der Waals surface area (Å²) in [7, 11) is 1.63. The minimum absolute atomic E-state index is 0.104. The molecule has 2 aromatic heterocycles. The molecule has 2 rings (SSSR count). The van der Waals surface area contributed by atoms with Gasteiger partial charge in [0.25, 0.3) is 0 Å². The second-order valence-corrected chi connectivity index (χ2v) is 4.00. The summed E-state index contributed by atoms with van der Waals surface area (Å²) >= 11 is 0. The summed E-state index contributed by atoms with van der Waals surface area (Å²) in [6.07, 6.45) is 3.67. The number of hydrogen-bond acceptors (Lipinski definition) is 6. The fourth-order valence-corrected chi connectivity index (χ4v) is 1.67. The summed E-state index contributed by atoms with van der Waals surface area (Å²) in [6.45, 7) is 1.36. The molecule has 0 atom stereocenters. The number of hydrogen-bond donors (Lipinski definition) is 2. The molecule has 2 aromatic rings. The van der Waals surface area contributed by atoms with Crippen LogP contribution in [-0.4, -0.2) is 45.7 Å². The highest BCUT2D eigenvalue weighted by Gasteiger charge is 2.10. The van der Waals surface area contributed by atoms with Gasteiger partial charge in [-0.15, -0.1) is 0 Å². The van der Waals surface area contributed by atoms with Crippen LogP contribution in [0.2, 0.25) is 0 Å². The van der Waals surface area contributed by atoms with E-state index in [4.69, 9.17) is 10.5 Å². The van der Waals surface area contributed by atoms with Gasteiger partial charge in [-0.25, -0.2) is 15.0 Å². The molecule has 0 saturated heterocycles. The third-order valence-electron chi connectivity index (χ3n) is 2.59. The van der Waals surface area contributed by atoms with Crippen LogP contribution in [0.5, 0.6) is 0 Å². The van der Waals surface area contributed by atoms with Crippen molar-refractivity contribution >= 4 is 22.9 Å². The lowest BCUT2D eigenvalue weighted by Gasteiger charge is -2.06. The summed E-state index contributed by atoms with van der Waals surface area (Å²) in [5, 5.41) is 2.79. The van der Waals surface area contributed by atoms with E-state index in [0.29, 0.717) is 30.1 Å². The van der Waals surface area contributed by atoms with Crippen LogP contribution < -0.4 is 11.1 Å². The molecular weight excluding hydrogens is 248 g/mol. The molecule has 0 aliphatic rings. The number of nitrogens with one attached hydrogen (secondary N) is 1. The monoisotopic (exact) mass is 264 g/mol. The Balaban J connectivity index is 1.98. The van der Waals surface area contributed by atoms with Gasteiger partial charge in [-0.05, 0) is 6.42 Å². The first kappa shape index (κ1) is 13.2. The number of anilines is 1. The lowest BCUT2D eigenvalue weighted by molar-refractivity contribution is -0.121. The summed E-state index contributed by atoms with van der Waals surface area (Å²) in [5.41, 5.74) is 6.74. The first-order valence-electron chi connectivity index (χ1n) is 5.89. The van der Waals surface area contributed by atoms with E-state index in [0.717, 1.165) is 6.42 Å². The molecule has 8 heteroatoms. The molecule has 0 bridgehead atoms. The highest BCUT2D eigenvalue weighted by atomic mass is 16.5. The van der Waals surface area contributed by atoms with Crippen LogP contribution in [0.3, 0.4) is 0 Å². The Morgan fingerprint density at radius 2 is 2.32 bits per heavy atom. The molecule has 0 spiro atoms. The van der Waals surface area contributed by atoms with Gasteiger partial charge in [0, 0.05) is 20.3 Å². The van der Waals surface area contributed by atoms with E-state index < -0.39 is 0 Å². The number of nitrogen functional groups attached to an aromatic ring is 1. The molecule has 0 aliphatic carbocycles. The van der Waals surface area contributed by atoms with Crippen molar-refractivity contribution in [1.82, 2.24) is 24.8 Å². The third-order valence-corrected chi connectivity index (χ3v) is 2.59. The lowest BCUT2D eigenvalue weighted by atomic mass is 10.4. The van der Waals surface area contributed by atoms with Gasteiger partial charge in [0.15, 0.2) is 11.5 Å². The maximum Gasteiger partial charge on any atom is 0.240 e. The number of methoxy groups -OCH3 is 1. The Hall–Kier alpha value is -2.22. The molecule has 0 fully saturated rings. The highest BCUT2D eigenvalue weighted by molar-refractivity contribution is 5.83. The molecule has 0 aliphatic heterocycles. The molecule has 0 aromatic carbocycles. The molecule has 19 heavy (non-hydrogen) atoms. The maximum absolute atomic E-state index is 11.7. The Morgan fingerprint density at radius 3 is 3.11 bits per heavy atom. The van der Waals surface area contributed by atoms with E-state index >= 15 is 0 Å². The Bertz CT molecular complexity index is 567. The van der Waals surface area contributed by atoms with Gasteiger partial charge in [-0.3, -0.25) is 4.79 Å². The number of carbonyl (C=O) groups excluding carboxylic acids is 1. The van der Waals surface area contributed by atoms with Crippen molar-refractivity contribution in [2.45, 2.75) is 13.0 Å². The molecule has 0 unspecified atom stereocenters. The molecule has 1 amide bonds. The summed E-state index contributed by atoms with van der Waals surface area (Å²) in [5.74, 6) is 0.205. The summed E-state index contributed by atoms with van der Waals surface area (Å²) < 4.78 is 6.54. The van der Waals surface area contributed by atoms with Gasteiger partial charge in [0.2, 0.25) is 5.91 Å². The molecule has 102 valence electrons. The Labute approximate surface area is 110 Å². The van der Waals surface area contributed by atoms with Gasteiger partial charge < -0.3 is 20.4 Å². The number of nitrogens with zero attached hydrogens (tertiary/aromatic N) is 4. The second kappa shape index (κ2) is 6.10. The van der Waals surface area contributed by atoms with Gasteiger partial charge in [0.1, 0.15) is 18.4 Å². The second-order valence-electron chi connectivity index (χ2n) is 4.00. The van der Waals surface area contributed by atoms with E-state index in [1.54, 1.807) is 11.7 Å². The van der Waals surface area contributed by atoms with Gasteiger partial charge in [-0.2, -0.15) is 0 Å². The Kier molecular flexibility index (Phi) is 4.24. The average Bonchev–Trinajstić information content (AvgIpc) is 2.80. The zero-order valence-electron chi connectivity index (χ0n) is 10.7. The zero-order valence-corrected chi connectivity index (χ0v) is 10.7. The van der Waals surface area contributed by atoms with Crippen LogP contribution in [0.4, 0.5) is 5.82 Å². The van der Waals surface area contributed by atoms with E-state index in [1.165, 1.54) is 12.7 Å². The standard InChI is InChI=1S/C11H16N6O2/c1-19-4-2-3-13-8(18)5-17-7-16-9-10(12)14-6-15-11(9)17/h6-7H,2-5H2,1H3,(H,13,18)(H2,12,14,15). The third kappa shape index (κ3) is 3.16. The number of rotatable bonds is 6. The van der Waals surface area contributed by atoms with Crippen molar-refractivity contribution in [3.8, 4) is 0 Å². The zero-order chi connectivity index (χ0) is 13.7. The number of carbonyl (C=O) groups is 1. The number of ether oxygens (including phenoxy) is 1. The van der Waals surface area contributed by atoms with Crippen molar-refractivity contribution in [2.75, 3.05) is 26.0 Å². The molecule has 2 heterocycles. The summed E-state index contributed by atoms with van der Waals surface area (Å²) in [6, 6.07) is 0. The van der Waals surface area contributed by atoms with Crippen molar-refractivity contribution in [3.05, 3.63) is 12.7 Å². The van der Waals surface area contributed by atoms with E-state index in [2.05, 4.69) is 20.3 Å².